The molecule has 1 saturated carbocycles. The summed E-state index contributed by atoms with van der Waals surface area (Å²) in [6.45, 7) is 5.12. The van der Waals surface area contributed by atoms with E-state index in [1.54, 1.807) is 11.3 Å². The lowest BCUT2D eigenvalue weighted by Gasteiger charge is -2.28. The van der Waals surface area contributed by atoms with Crippen LogP contribution in [0.4, 0.5) is 0 Å². The van der Waals surface area contributed by atoms with Crippen LogP contribution in [0.3, 0.4) is 0 Å². The van der Waals surface area contributed by atoms with E-state index < -0.39 is 0 Å². The third-order valence-electron chi connectivity index (χ3n) is 4.44. The number of nitrogens with one attached hydrogen (secondary N) is 1. The van der Waals surface area contributed by atoms with Crippen LogP contribution in [0, 0.1) is 5.41 Å². The SMILES string of the molecule is CCC1(CN2C(=O)C(C)NC2c2ccsc2)CC1. The molecule has 1 saturated heterocycles. The molecule has 1 aromatic rings. The smallest absolute Gasteiger partial charge is 0.241 e. The summed E-state index contributed by atoms with van der Waals surface area (Å²) in [5.74, 6) is 0.255. The number of hydrogen-bond acceptors (Lipinski definition) is 3. The van der Waals surface area contributed by atoms with Gasteiger partial charge in [0.05, 0.1) is 6.04 Å². The maximum Gasteiger partial charge on any atom is 0.241 e. The number of carbonyl (C=O) groups is 1. The highest BCUT2D eigenvalue weighted by Gasteiger charge is 2.47. The Morgan fingerprint density at radius 2 is 2.33 bits per heavy atom. The summed E-state index contributed by atoms with van der Waals surface area (Å²) in [6.07, 6.45) is 3.82. The lowest BCUT2D eigenvalue weighted by molar-refractivity contribution is -0.130. The van der Waals surface area contributed by atoms with Crippen molar-refractivity contribution in [2.24, 2.45) is 5.41 Å². The first-order valence-electron chi connectivity index (χ1n) is 6.74. The summed E-state index contributed by atoms with van der Waals surface area (Å²) in [5, 5.41) is 7.63. The minimum absolute atomic E-state index is 0.0532. The minimum Gasteiger partial charge on any atom is -0.321 e. The molecule has 0 aromatic carbocycles. The van der Waals surface area contributed by atoms with Crippen molar-refractivity contribution in [2.75, 3.05) is 6.54 Å². The van der Waals surface area contributed by atoms with Crippen LogP contribution >= 0.6 is 11.3 Å². The molecule has 98 valence electrons. The van der Waals surface area contributed by atoms with Gasteiger partial charge in [-0.25, -0.2) is 0 Å². The molecule has 18 heavy (non-hydrogen) atoms. The quantitative estimate of drug-likeness (QED) is 0.907. The molecule has 1 aliphatic carbocycles. The summed E-state index contributed by atoms with van der Waals surface area (Å²) in [5.41, 5.74) is 1.64. The van der Waals surface area contributed by atoms with Crippen LogP contribution in [0.5, 0.6) is 0 Å². The molecule has 1 aliphatic heterocycles. The van der Waals surface area contributed by atoms with Crippen LogP contribution in [0.1, 0.15) is 44.8 Å². The molecule has 0 bridgehead atoms. The standard InChI is InChI=1S/C14H20N2OS/c1-3-14(5-6-14)9-16-12(11-4-7-18-8-11)15-10(2)13(16)17/h4,7-8,10,12,15H,3,5-6,9H2,1-2H3. The Labute approximate surface area is 112 Å². The van der Waals surface area contributed by atoms with Crippen molar-refractivity contribution in [1.29, 1.82) is 0 Å². The number of hydrogen-bond donors (Lipinski definition) is 1. The average molecular weight is 264 g/mol. The predicted octanol–water partition coefficient (Wildman–Crippen LogP) is 2.76. The number of thiophene rings is 1. The Morgan fingerprint density at radius 1 is 1.56 bits per heavy atom. The maximum absolute atomic E-state index is 12.3. The Balaban J connectivity index is 1.82. The Hall–Kier alpha value is -0.870. The van der Waals surface area contributed by atoms with Gasteiger partial charge in [-0.3, -0.25) is 10.1 Å². The molecule has 0 spiro atoms. The van der Waals surface area contributed by atoms with Crippen molar-refractivity contribution in [3.05, 3.63) is 22.4 Å². The molecule has 2 atom stereocenters. The van der Waals surface area contributed by atoms with Gasteiger partial charge in [-0.15, -0.1) is 0 Å². The summed E-state index contributed by atoms with van der Waals surface area (Å²) in [7, 11) is 0. The van der Waals surface area contributed by atoms with Crippen LogP contribution in [0.25, 0.3) is 0 Å². The zero-order valence-electron chi connectivity index (χ0n) is 11.0. The minimum atomic E-state index is -0.0532. The van der Waals surface area contributed by atoms with E-state index in [9.17, 15) is 4.79 Å². The van der Waals surface area contributed by atoms with Crippen LogP contribution in [0.2, 0.25) is 0 Å². The molecule has 1 N–H and O–H groups in total. The Morgan fingerprint density at radius 3 is 2.89 bits per heavy atom. The number of amides is 1. The molecule has 2 heterocycles. The van der Waals surface area contributed by atoms with E-state index in [2.05, 4.69) is 34.0 Å². The third kappa shape index (κ3) is 1.97. The van der Waals surface area contributed by atoms with Crippen molar-refractivity contribution in [3.63, 3.8) is 0 Å². The van der Waals surface area contributed by atoms with Gasteiger partial charge in [0.1, 0.15) is 6.17 Å². The Bertz CT molecular complexity index is 439. The average Bonchev–Trinajstić information content (AvgIpc) is 2.82. The molecule has 4 heteroatoms. The number of carbonyl (C=O) groups excluding carboxylic acids is 1. The highest BCUT2D eigenvalue weighted by Crippen LogP contribution is 2.50. The lowest BCUT2D eigenvalue weighted by Crippen LogP contribution is -2.35. The van der Waals surface area contributed by atoms with E-state index >= 15 is 0 Å². The third-order valence-corrected chi connectivity index (χ3v) is 5.15. The van der Waals surface area contributed by atoms with Gasteiger partial charge in [0.25, 0.3) is 0 Å². The first-order chi connectivity index (χ1) is 8.65. The molecule has 1 amide bonds. The van der Waals surface area contributed by atoms with Crippen LogP contribution in [-0.2, 0) is 4.79 Å². The first kappa shape index (κ1) is 12.2. The summed E-state index contributed by atoms with van der Waals surface area (Å²) in [4.78, 5) is 14.4. The van der Waals surface area contributed by atoms with Gasteiger partial charge < -0.3 is 4.90 Å². The topological polar surface area (TPSA) is 32.3 Å². The fraction of sp³-hybridized carbons (Fsp3) is 0.643. The molecule has 3 nitrogen and oxygen atoms in total. The predicted molar refractivity (Wildman–Crippen MR) is 73.3 cm³/mol. The molecule has 2 unspecified atom stereocenters. The van der Waals surface area contributed by atoms with Gasteiger partial charge in [-0.1, -0.05) is 6.92 Å². The zero-order valence-corrected chi connectivity index (χ0v) is 11.8. The highest BCUT2D eigenvalue weighted by atomic mass is 32.1. The monoisotopic (exact) mass is 264 g/mol. The normalized spacial score (nSPS) is 29.9. The van der Waals surface area contributed by atoms with E-state index in [-0.39, 0.29) is 18.1 Å². The first-order valence-corrected chi connectivity index (χ1v) is 7.68. The summed E-state index contributed by atoms with van der Waals surface area (Å²) in [6, 6.07) is 2.06. The van der Waals surface area contributed by atoms with Gasteiger partial charge in [0.15, 0.2) is 0 Å². The number of nitrogens with zero attached hydrogens (tertiary/aromatic N) is 1. The molecule has 1 aromatic heterocycles. The molecule has 2 fully saturated rings. The second-order valence-electron chi connectivity index (χ2n) is 5.67. The second-order valence-corrected chi connectivity index (χ2v) is 6.45. The van der Waals surface area contributed by atoms with E-state index in [0.29, 0.717) is 5.41 Å². The largest absolute Gasteiger partial charge is 0.321 e. The van der Waals surface area contributed by atoms with Crippen molar-refractivity contribution in [2.45, 2.75) is 45.3 Å². The van der Waals surface area contributed by atoms with Gasteiger partial charge in [0.2, 0.25) is 5.91 Å². The fourth-order valence-electron chi connectivity index (χ4n) is 2.81. The van der Waals surface area contributed by atoms with E-state index in [4.69, 9.17) is 0 Å². The van der Waals surface area contributed by atoms with Gasteiger partial charge >= 0.3 is 0 Å². The van der Waals surface area contributed by atoms with Gasteiger partial charge in [0, 0.05) is 6.54 Å². The fourth-order valence-corrected chi connectivity index (χ4v) is 3.49. The molecule has 0 radical (unpaired) electrons. The van der Waals surface area contributed by atoms with E-state index in [1.807, 2.05) is 6.92 Å². The zero-order chi connectivity index (χ0) is 12.8. The maximum atomic E-state index is 12.3. The molecule has 2 aliphatic rings. The highest BCUT2D eigenvalue weighted by molar-refractivity contribution is 7.07. The molecule has 3 rings (SSSR count). The number of rotatable bonds is 4. The van der Waals surface area contributed by atoms with Crippen LogP contribution in [-0.4, -0.2) is 23.4 Å². The Kier molecular flexibility index (Phi) is 2.94. The van der Waals surface area contributed by atoms with E-state index in [0.717, 1.165) is 6.54 Å². The van der Waals surface area contributed by atoms with Crippen molar-refractivity contribution in [1.82, 2.24) is 10.2 Å². The van der Waals surface area contributed by atoms with Crippen molar-refractivity contribution < 1.29 is 4.79 Å². The van der Waals surface area contributed by atoms with Gasteiger partial charge in [-0.2, -0.15) is 11.3 Å². The summed E-state index contributed by atoms with van der Waals surface area (Å²) >= 11 is 1.69. The summed E-state index contributed by atoms with van der Waals surface area (Å²) < 4.78 is 0. The van der Waals surface area contributed by atoms with Gasteiger partial charge in [-0.05, 0) is 54.0 Å². The molecular formula is C14H20N2OS. The van der Waals surface area contributed by atoms with Crippen molar-refractivity contribution in [3.8, 4) is 0 Å². The van der Waals surface area contributed by atoms with E-state index in [1.165, 1.54) is 24.8 Å². The van der Waals surface area contributed by atoms with Crippen LogP contribution in [0.15, 0.2) is 16.8 Å². The van der Waals surface area contributed by atoms with Crippen molar-refractivity contribution >= 4 is 17.2 Å². The molecular weight excluding hydrogens is 244 g/mol. The van der Waals surface area contributed by atoms with Crippen LogP contribution < -0.4 is 5.32 Å². The lowest BCUT2D eigenvalue weighted by atomic mass is 10.0. The second kappa shape index (κ2) is 4.35.